The molecule has 0 N–H and O–H groups in total. The highest BCUT2D eigenvalue weighted by atomic mass is 35.5. The lowest BCUT2D eigenvalue weighted by atomic mass is 9.85. The van der Waals surface area contributed by atoms with Gasteiger partial charge in [0.2, 0.25) is 0 Å². The number of hydrogen-bond acceptors (Lipinski definition) is 4. The fraction of sp³-hybridized carbons (Fsp3) is 0.311. The highest BCUT2D eigenvalue weighted by Gasteiger charge is 2.25. The summed E-state index contributed by atoms with van der Waals surface area (Å²) in [5.74, 6) is 1.46. The molecule has 0 aliphatic carbocycles. The van der Waals surface area contributed by atoms with Crippen molar-refractivity contribution in [3.63, 3.8) is 0 Å². The number of anilines is 6. The number of aryl methyl sites for hydroxylation is 1. The summed E-state index contributed by atoms with van der Waals surface area (Å²) in [6, 6.07) is 53.8. The maximum Gasteiger partial charge on any atom is 0.163 e. The van der Waals surface area contributed by atoms with Crippen molar-refractivity contribution < 1.29 is 9.47 Å². The van der Waals surface area contributed by atoms with Crippen LogP contribution in [0.25, 0.3) is 22.3 Å². The molecule has 1 aliphatic heterocycles. The molecule has 0 bridgehead atoms. The number of ether oxygens (including phenoxy) is 2. The van der Waals surface area contributed by atoms with Gasteiger partial charge in [0.15, 0.2) is 11.5 Å². The molecule has 0 amide bonds. The summed E-state index contributed by atoms with van der Waals surface area (Å²) < 4.78 is 12.2. The molecule has 0 unspecified atom stereocenters. The molecular weight excluding hydrogens is 828 g/mol. The first-order chi connectivity index (χ1) is 31.0. The molecule has 340 valence electrons. The summed E-state index contributed by atoms with van der Waals surface area (Å²) in [5.41, 5.74) is 16.7. The van der Waals surface area contributed by atoms with E-state index in [-0.39, 0.29) is 21.7 Å². The Morgan fingerprint density at radius 3 is 1.27 bits per heavy atom. The molecule has 0 saturated carbocycles. The van der Waals surface area contributed by atoms with Crippen LogP contribution in [0.3, 0.4) is 0 Å². The average molecular weight is 896 g/mol. The lowest BCUT2D eigenvalue weighted by Crippen LogP contribution is -2.17. The molecule has 7 aromatic rings. The van der Waals surface area contributed by atoms with E-state index < -0.39 is 0 Å². The Labute approximate surface area is 400 Å². The lowest BCUT2D eigenvalue weighted by molar-refractivity contribution is 0.171. The Hall–Kier alpha value is -5.97. The minimum atomic E-state index is -0.0693. The third kappa shape index (κ3) is 10.1. The summed E-state index contributed by atoms with van der Waals surface area (Å²) >= 11 is 7.37. The quantitative estimate of drug-likeness (QED) is 0.152. The Kier molecular flexibility index (Phi) is 12.5. The zero-order chi connectivity index (χ0) is 47.3. The standard InChI is InChI=1S/C61H67ClN2O2/c1-40-32-51(38-52(33-40)64(50-27-29-56-57(39-50)66-31-30-65-56)55-28-24-48(37-54(55)62)61(11,12)13)63(49-25-22-47(23-26-49)60(8,9)10)53-35-43(41-14-18-45(19-15-41)58(2,3)4)34-44(36-53)42-16-20-46(21-17-42)59(5,6)7/h14-29,32-39H,30-31H2,1-13H3. The van der Waals surface area contributed by atoms with Crippen molar-refractivity contribution in [2.24, 2.45) is 0 Å². The van der Waals surface area contributed by atoms with Crippen LogP contribution in [-0.4, -0.2) is 13.2 Å². The fourth-order valence-corrected chi connectivity index (χ4v) is 8.98. The molecule has 8 rings (SSSR count). The second-order valence-corrected chi connectivity index (χ2v) is 22.6. The summed E-state index contributed by atoms with van der Waals surface area (Å²) in [4.78, 5) is 4.66. The van der Waals surface area contributed by atoms with Gasteiger partial charge in [-0.05, 0) is 151 Å². The number of hydrogen-bond donors (Lipinski definition) is 0. The first-order valence-electron chi connectivity index (χ1n) is 23.4. The van der Waals surface area contributed by atoms with Gasteiger partial charge in [-0.1, -0.05) is 161 Å². The van der Waals surface area contributed by atoms with Crippen molar-refractivity contribution in [3.8, 4) is 33.8 Å². The van der Waals surface area contributed by atoms with Crippen LogP contribution in [0.4, 0.5) is 34.1 Å². The average Bonchev–Trinajstić information content (AvgIpc) is 3.26. The van der Waals surface area contributed by atoms with Gasteiger partial charge in [-0.2, -0.15) is 0 Å². The minimum absolute atomic E-state index is 0.00265. The third-order valence-electron chi connectivity index (χ3n) is 12.7. The van der Waals surface area contributed by atoms with Crippen molar-refractivity contribution in [1.29, 1.82) is 0 Å². The first kappa shape index (κ1) is 46.6. The molecule has 4 nitrogen and oxygen atoms in total. The van der Waals surface area contributed by atoms with Crippen LogP contribution >= 0.6 is 11.6 Å². The summed E-state index contributed by atoms with van der Waals surface area (Å²) in [5, 5.41) is 0.669. The predicted molar refractivity (Wildman–Crippen MR) is 282 cm³/mol. The van der Waals surface area contributed by atoms with Gasteiger partial charge in [0, 0.05) is 28.8 Å². The van der Waals surface area contributed by atoms with E-state index in [1.54, 1.807) is 0 Å². The van der Waals surface area contributed by atoms with E-state index in [1.165, 1.54) is 33.4 Å². The van der Waals surface area contributed by atoms with Crippen LogP contribution < -0.4 is 19.3 Å². The van der Waals surface area contributed by atoms with Crippen molar-refractivity contribution in [1.82, 2.24) is 0 Å². The van der Waals surface area contributed by atoms with Gasteiger partial charge in [-0.25, -0.2) is 0 Å². The van der Waals surface area contributed by atoms with Crippen LogP contribution in [0, 0.1) is 6.92 Å². The second kappa shape index (κ2) is 17.7. The molecule has 0 saturated heterocycles. The zero-order valence-corrected chi connectivity index (χ0v) is 42.1. The van der Waals surface area contributed by atoms with Crippen molar-refractivity contribution in [2.75, 3.05) is 23.0 Å². The van der Waals surface area contributed by atoms with Gasteiger partial charge in [-0.15, -0.1) is 0 Å². The molecule has 1 heterocycles. The van der Waals surface area contributed by atoms with Gasteiger partial charge in [-0.3, -0.25) is 0 Å². The van der Waals surface area contributed by atoms with Crippen LogP contribution in [-0.2, 0) is 21.7 Å². The molecule has 66 heavy (non-hydrogen) atoms. The minimum Gasteiger partial charge on any atom is -0.486 e. The normalized spacial score (nSPS) is 13.1. The Morgan fingerprint density at radius 1 is 0.364 bits per heavy atom. The smallest absolute Gasteiger partial charge is 0.163 e. The molecule has 7 aromatic carbocycles. The van der Waals surface area contributed by atoms with Gasteiger partial charge in [0.05, 0.1) is 16.4 Å². The van der Waals surface area contributed by atoms with E-state index in [4.69, 9.17) is 21.1 Å². The molecule has 1 aliphatic rings. The van der Waals surface area contributed by atoms with Crippen LogP contribution in [0.15, 0.2) is 146 Å². The molecule has 0 atom stereocenters. The molecule has 0 radical (unpaired) electrons. The third-order valence-corrected chi connectivity index (χ3v) is 13.0. The first-order valence-corrected chi connectivity index (χ1v) is 23.8. The number of benzene rings is 7. The predicted octanol–water partition coefficient (Wildman–Crippen LogP) is 17.9. The zero-order valence-electron chi connectivity index (χ0n) is 41.4. The maximum atomic E-state index is 7.37. The Bertz CT molecular complexity index is 2770. The van der Waals surface area contributed by atoms with Gasteiger partial charge < -0.3 is 19.3 Å². The molecular formula is C61H67ClN2O2. The number of fused-ring (bicyclic) bond motifs is 1. The van der Waals surface area contributed by atoms with Crippen molar-refractivity contribution >= 4 is 45.7 Å². The van der Waals surface area contributed by atoms with Gasteiger partial charge in [0.25, 0.3) is 0 Å². The SMILES string of the molecule is Cc1cc(N(c2ccc(C(C)(C)C)cc2)c2cc(-c3ccc(C(C)(C)C)cc3)cc(-c3ccc(C(C)(C)C)cc3)c2)cc(N(c2ccc3c(c2)OCCO3)c2ccc(C(C)(C)C)cc2Cl)c1. The molecule has 5 heteroatoms. The summed E-state index contributed by atoms with van der Waals surface area (Å²) in [6.07, 6.45) is 0. The topological polar surface area (TPSA) is 24.9 Å². The van der Waals surface area contributed by atoms with E-state index in [0.717, 1.165) is 62.3 Å². The highest BCUT2D eigenvalue weighted by Crippen LogP contribution is 2.47. The number of nitrogens with zero attached hydrogens (tertiary/aromatic N) is 2. The van der Waals surface area contributed by atoms with Gasteiger partial charge in [0.1, 0.15) is 13.2 Å². The summed E-state index contributed by atoms with van der Waals surface area (Å²) in [7, 11) is 0. The molecule has 0 spiro atoms. The monoisotopic (exact) mass is 894 g/mol. The Morgan fingerprint density at radius 2 is 0.788 bits per heavy atom. The summed E-state index contributed by atoms with van der Waals surface area (Å²) in [6.45, 7) is 30.3. The van der Waals surface area contributed by atoms with Crippen LogP contribution in [0.1, 0.15) is 111 Å². The van der Waals surface area contributed by atoms with E-state index >= 15 is 0 Å². The van der Waals surface area contributed by atoms with Gasteiger partial charge >= 0.3 is 0 Å². The van der Waals surface area contributed by atoms with Crippen LogP contribution in [0.5, 0.6) is 11.5 Å². The second-order valence-electron chi connectivity index (χ2n) is 22.2. The van der Waals surface area contributed by atoms with E-state index in [9.17, 15) is 0 Å². The van der Waals surface area contributed by atoms with E-state index in [0.29, 0.717) is 18.2 Å². The highest BCUT2D eigenvalue weighted by molar-refractivity contribution is 6.33. The van der Waals surface area contributed by atoms with E-state index in [2.05, 4.69) is 239 Å². The molecule has 0 aromatic heterocycles. The fourth-order valence-electron chi connectivity index (χ4n) is 8.71. The lowest BCUT2D eigenvalue weighted by Gasteiger charge is -2.32. The van der Waals surface area contributed by atoms with Crippen molar-refractivity contribution in [3.05, 3.63) is 178 Å². The van der Waals surface area contributed by atoms with E-state index in [1.807, 2.05) is 6.07 Å². The van der Waals surface area contributed by atoms with Crippen molar-refractivity contribution in [2.45, 2.75) is 112 Å². The number of rotatable bonds is 8. The largest absolute Gasteiger partial charge is 0.486 e. The molecule has 0 fully saturated rings. The van der Waals surface area contributed by atoms with Crippen LogP contribution in [0.2, 0.25) is 5.02 Å². The maximum absolute atomic E-state index is 7.37. The number of halogens is 1. The Balaban J connectivity index is 1.37.